The molecule has 6 rings (SSSR count). The number of likely N-dealkylation sites (tertiary alicyclic amines) is 3. The van der Waals surface area contributed by atoms with Gasteiger partial charge in [-0.05, 0) is 86.0 Å². The number of carboxylic acids is 1. The fourth-order valence-electron chi connectivity index (χ4n) is 7.98. The Morgan fingerprint density at radius 2 is 1.60 bits per heavy atom. The smallest absolute Gasteiger partial charge is 0.303 e. The molecule has 3 aromatic carbocycles. The summed E-state index contributed by atoms with van der Waals surface area (Å²) in [6.45, 7) is 6.20. The fourth-order valence-corrected chi connectivity index (χ4v) is 7.98. The standard InChI is InChI=1S/C35H43N3O4/c1-25-23-35(34(42)38(25)19-8-2-3-14-31(39)40)17-9-18-37(24-35)28-15-20-36(21-16-28)33(41)32-29-12-6-4-10-26(29)22-27-11-5-7-13-30(27)32/h4-7,10-13,22,25,28H,2-3,8-9,14-21,23-24H2,1H3,(H,39,40). The Kier molecular flexibility index (Phi) is 8.22. The monoisotopic (exact) mass is 569 g/mol. The van der Waals surface area contributed by atoms with Crippen LogP contribution in [-0.4, -0.2) is 82.4 Å². The first-order valence-electron chi connectivity index (χ1n) is 15.8. The fraction of sp³-hybridized carbons (Fsp3) is 0.514. The number of nitrogens with zero attached hydrogens (tertiary/aromatic N) is 3. The van der Waals surface area contributed by atoms with Gasteiger partial charge in [-0.3, -0.25) is 19.3 Å². The first kappa shape index (κ1) is 28.7. The van der Waals surface area contributed by atoms with E-state index in [2.05, 4.69) is 47.1 Å². The van der Waals surface area contributed by atoms with Gasteiger partial charge in [-0.1, -0.05) is 55.0 Å². The van der Waals surface area contributed by atoms with Crippen molar-refractivity contribution < 1.29 is 19.5 Å². The maximum Gasteiger partial charge on any atom is 0.303 e. The number of rotatable bonds is 8. The van der Waals surface area contributed by atoms with Crippen LogP contribution >= 0.6 is 0 Å². The maximum atomic E-state index is 14.0. The van der Waals surface area contributed by atoms with E-state index >= 15 is 0 Å². The summed E-state index contributed by atoms with van der Waals surface area (Å²) in [6, 6.07) is 19.2. The second-order valence-corrected chi connectivity index (χ2v) is 12.8. The molecule has 2 atom stereocenters. The van der Waals surface area contributed by atoms with E-state index < -0.39 is 5.97 Å². The Morgan fingerprint density at radius 1 is 0.929 bits per heavy atom. The third-order valence-electron chi connectivity index (χ3n) is 10.1. The van der Waals surface area contributed by atoms with Crippen molar-refractivity contribution in [3.63, 3.8) is 0 Å². The van der Waals surface area contributed by atoms with Crippen molar-refractivity contribution in [2.45, 2.75) is 76.8 Å². The zero-order valence-electron chi connectivity index (χ0n) is 24.8. The van der Waals surface area contributed by atoms with Crippen LogP contribution in [0.15, 0.2) is 54.6 Å². The summed E-state index contributed by atoms with van der Waals surface area (Å²) < 4.78 is 0. The minimum absolute atomic E-state index is 0.121. The molecule has 0 radical (unpaired) electrons. The Morgan fingerprint density at radius 3 is 2.26 bits per heavy atom. The lowest BCUT2D eigenvalue weighted by molar-refractivity contribution is -0.140. The normalized spacial score (nSPS) is 23.8. The molecule has 0 saturated carbocycles. The van der Waals surface area contributed by atoms with Gasteiger partial charge in [-0.25, -0.2) is 0 Å². The van der Waals surface area contributed by atoms with Crippen LogP contribution < -0.4 is 0 Å². The number of carboxylic acid groups (broad SMARTS) is 1. The molecule has 7 heteroatoms. The molecule has 2 unspecified atom stereocenters. The SMILES string of the molecule is CC1CC2(CCCN(C3CCN(C(=O)c4c5ccccc5cc5ccccc45)CC3)C2)C(=O)N1CCCCCC(=O)O. The summed E-state index contributed by atoms with van der Waals surface area (Å²) in [5.74, 6) is -0.331. The van der Waals surface area contributed by atoms with E-state index in [9.17, 15) is 14.4 Å². The highest BCUT2D eigenvalue weighted by molar-refractivity contribution is 6.18. The number of unbranched alkanes of at least 4 members (excludes halogenated alkanes) is 2. The molecule has 3 fully saturated rings. The highest BCUT2D eigenvalue weighted by Gasteiger charge is 2.52. The van der Waals surface area contributed by atoms with Gasteiger partial charge >= 0.3 is 5.97 Å². The van der Waals surface area contributed by atoms with Gasteiger partial charge in [0.1, 0.15) is 0 Å². The van der Waals surface area contributed by atoms with E-state index in [0.29, 0.717) is 18.4 Å². The van der Waals surface area contributed by atoms with Crippen LogP contribution in [0.1, 0.15) is 75.1 Å². The largest absolute Gasteiger partial charge is 0.481 e. The molecule has 1 N–H and O–H groups in total. The number of aliphatic carboxylic acids is 1. The molecular formula is C35H43N3O4. The Labute approximate surface area is 248 Å². The van der Waals surface area contributed by atoms with Crippen LogP contribution in [0.3, 0.4) is 0 Å². The summed E-state index contributed by atoms with van der Waals surface area (Å²) >= 11 is 0. The highest BCUT2D eigenvalue weighted by Crippen LogP contribution is 2.44. The first-order chi connectivity index (χ1) is 20.4. The second kappa shape index (κ2) is 12.0. The molecule has 1 spiro atoms. The van der Waals surface area contributed by atoms with Crippen molar-refractivity contribution in [3.05, 3.63) is 60.2 Å². The van der Waals surface area contributed by atoms with Gasteiger partial charge in [0.05, 0.1) is 11.0 Å². The Balaban J connectivity index is 1.10. The number of hydrogen-bond donors (Lipinski definition) is 1. The maximum absolute atomic E-state index is 14.0. The van der Waals surface area contributed by atoms with E-state index in [1.165, 1.54) is 0 Å². The third kappa shape index (κ3) is 5.51. The predicted octanol–water partition coefficient (Wildman–Crippen LogP) is 5.95. The van der Waals surface area contributed by atoms with E-state index in [4.69, 9.17) is 5.11 Å². The van der Waals surface area contributed by atoms with Crippen molar-refractivity contribution in [1.82, 2.24) is 14.7 Å². The summed E-state index contributed by atoms with van der Waals surface area (Å²) in [6.07, 6.45) is 7.33. The zero-order chi connectivity index (χ0) is 29.3. The van der Waals surface area contributed by atoms with Gasteiger partial charge in [-0.2, -0.15) is 0 Å². The highest BCUT2D eigenvalue weighted by atomic mass is 16.4. The van der Waals surface area contributed by atoms with Crippen molar-refractivity contribution in [2.75, 3.05) is 32.7 Å². The number of carbonyl (C=O) groups is 3. The number of benzene rings is 3. The van der Waals surface area contributed by atoms with Crippen LogP contribution in [0.4, 0.5) is 0 Å². The number of fused-ring (bicyclic) bond motifs is 2. The van der Waals surface area contributed by atoms with Gasteiger partial charge in [-0.15, -0.1) is 0 Å². The van der Waals surface area contributed by atoms with Gasteiger partial charge in [0.2, 0.25) is 5.91 Å². The molecule has 3 saturated heterocycles. The Bertz CT molecular complexity index is 1430. The summed E-state index contributed by atoms with van der Waals surface area (Å²) in [5, 5.41) is 13.1. The number of hydrogen-bond acceptors (Lipinski definition) is 4. The summed E-state index contributed by atoms with van der Waals surface area (Å²) in [7, 11) is 0. The van der Waals surface area contributed by atoms with Gasteiger partial charge in [0.15, 0.2) is 0 Å². The van der Waals surface area contributed by atoms with Gasteiger partial charge < -0.3 is 14.9 Å². The molecule has 3 heterocycles. The lowest BCUT2D eigenvalue weighted by atomic mass is 9.76. The third-order valence-corrected chi connectivity index (χ3v) is 10.1. The molecule has 222 valence electrons. The number of carbonyl (C=O) groups excluding carboxylic acids is 2. The molecule has 3 aliphatic rings. The quantitative estimate of drug-likeness (QED) is 0.268. The van der Waals surface area contributed by atoms with E-state index in [0.717, 1.165) is 105 Å². The first-order valence-corrected chi connectivity index (χ1v) is 15.8. The van der Waals surface area contributed by atoms with Crippen molar-refractivity contribution >= 4 is 39.3 Å². The summed E-state index contributed by atoms with van der Waals surface area (Å²) in [4.78, 5) is 45.3. The van der Waals surface area contributed by atoms with E-state index in [1.54, 1.807) is 0 Å². The van der Waals surface area contributed by atoms with Crippen LogP contribution in [-0.2, 0) is 9.59 Å². The molecule has 3 aromatic rings. The van der Waals surface area contributed by atoms with Crippen LogP contribution in [0, 0.1) is 5.41 Å². The topological polar surface area (TPSA) is 81.2 Å². The second-order valence-electron chi connectivity index (χ2n) is 12.8. The average molecular weight is 570 g/mol. The molecule has 42 heavy (non-hydrogen) atoms. The Hall–Kier alpha value is -3.45. The lowest BCUT2D eigenvalue weighted by Crippen LogP contribution is -2.54. The zero-order valence-corrected chi connectivity index (χ0v) is 24.8. The molecule has 7 nitrogen and oxygen atoms in total. The van der Waals surface area contributed by atoms with E-state index in [-0.39, 0.29) is 23.8 Å². The van der Waals surface area contributed by atoms with Crippen LogP contribution in [0.2, 0.25) is 0 Å². The van der Waals surface area contributed by atoms with Crippen molar-refractivity contribution in [2.24, 2.45) is 5.41 Å². The van der Waals surface area contributed by atoms with Gasteiger partial charge in [0.25, 0.3) is 5.91 Å². The number of amides is 2. The van der Waals surface area contributed by atoms with Crippen LogP contribution in [0.25, 0.3) is 21.5 Å². The molecule has 0 bridgehead atoms. The van der Waals surface area contributed by atoms with E-state index in [1.807, 2.05) is 29.2 Å². The molecule has 0 aromatic heterocycles. The van der Waals surface area contributed by atoms with Crippen molar-refractivity contribution in [1.29, 1.82) is 0 Å². The van der Waals surface area contributed by atoms with Gasteiger partial charge in [0, 0.05) is 44.7 Å². The average Bonchev–Trinajstić information content (AvgIpc) is 3.22. The van der Waals surface area contributed by atoms with Crippen LogP contribution in [0.5, 0.6) is 0 Å². The lowest BCUT2D eigenvalue weighted by Gasteiger charge is -2.45. The summed E-state index contributed by atoms with van der Waals surface area (Å²) in [5.41, 5.74) is 0.515. The minimum atomic E-state index is -0.751. The number of piperidine rings is 2. The predicted molar refractivity (Wildman–Crippen MR) is 166 cm³/mol. The van der Waals surface area contributed by atoms with Crippen molar-refractivity contribution in [3.8, 4) is 0 Å². The molecule has 3 aliphatic heterocycles. The molecule has 2 amide bonds. The molecule has 0 aliphatic carbocycles. The minimum Gasteiger partial charge on any atom is -0.481 e. The molecular weight excluding hydrogens is 526 g/mol.